The highest BCUT2D eigenvalue weighted by molar-refractivity contribution is 7.90. The molecule has 1 saturated heterocycles. The summed E-state index contributed by atoms with van der Waals surface area (Å²) in [6.07, 6.45) is 1.99. The van der Waals surface area contributed by atoms with Crippen molar-refractivity contribution in [3.8, 4) is 6.07 Å². The van der Waals surface area contributed by atoms with Crippen molar-refractivity contribution >= 4 is 29.0 Å². The fraction of sp³-hybridized carbons (Fsp3) is 0.500. The average molecular weight is 585 g/mol. The second-order valence-electron chi connectivity index (χ2n) is 11.8. The summed E-state index contributed by atoms with van der Waals surface area (Å²) in [5, 5.41) is 21.8. The third-order valence-electron chi connectivity index (χ3n) is 7.79. The van der Waals surface area contributed by atoms with E-state index in [0.29, 0.717) is 29.0 Å². The minimum Gasteiger partial charge on any atom is -0.598 e. The predicted molar refractivity (Wildman–Crippen MR) is 154 cm³/mol. The number of rotatable bonds is 10. The Hall–Kier alpha value is -3.17. The smallest absolute Gasteiger partial charge is 0.408 e. The zero-order valence-corrected chi connectivity index (χ0v) is 24.6. The number of carbonyl (C=O) groups is 2. The van der Waals surface area contributed by atoms with Crippen molar-refractivity contribution in [3.63, 3.8) is 0 Å². The third kappa shape index (κ3) is 7.01. The van der Waals surface area contributed by atoms with Crippen LogP contribution >= 0.6 is 0 Å². The minimum atomic E-state index is -1.55. The summed E-state index contributed by atoms with van der Waals surface area (Å²) < 4.78 is 36.8. The molecular weight excluding hydrogens is 547 g/mol. The number of carbonyl (C=O) groups excluding carboxylic acids is 1. The van der Waals surface area contributed by atoms with Crippen LogP contribution in [0.2, 0.25) is 0 Å². The Morgan fingerprint density at radius 3 is 2.54 bits per heavy atom. The highest BCUT2D eigenvalue weighted by atomic mass is 32.2. The molecule has 4 atom stereocenters. The Balaban J connectivity index is 1.78. The molecule has 220 valence electrons. The van der Waals surface area contributed by atoms with Crippen LogP contribution in [0.3, 0.4) is 0 Å². The van der Waals surface area contributed by atoms with Crippen LogP contribution in [0.5, 0.6) is 0 Å². The van der Waals surface area contributed by atoms with Crippen LogP contribution < -0.4 is 10.0 Å². The number of nitrogens with one attached hydrogen (secondary N) is 2. The second-order valence-corrected chi connectivity index (χ2v) is 13.8. The summed E-state index contributed by atoms with van der Waals surface area (Å²) in [4.78, 5) is 26.0. The third-order valence-corrected chi connectivity index (χ3v) is 9.44. The first kappa shape index (κ1) is 30.8. The Morgan fingerprint density at radius 1 is 1.22 bits per heavy atom. The Kier molecular flexibility index (Phi) is 9.29. The summed E-state index contributed by atoms with van der Waals surface area (Å²) in [5.41, 5.74) is 0.519. The van der Waals surface area contributed by atoms with Gasteiger partial charge in [-0.25, -0.2) is 9.18 Å². The van der Waals surface area contributed by atoms with E-state index in [2.05, 4.69) is 16.1 Å². The standard InChI is InChI=1S/C30H37FN4O5S/c1-29(2,3)41(39)34-30(13-12-19-8-9-19,21-7-5-6-20(14-21)17-32)22-10-11-24(31)25(15-22)33-27(36)26-16-23(40-4)18-35(26)28(37)38/h5-7,10-11,14-15,19,23,26,34H,8-9,12-13,16,18H2,1-4H3,(H,33,36)(H,37,38)/t23?,26?,30?,41-/m1/s1. The molecule has 2 fully saturated rings. The highest BCUT2D eigenvalue weighted by Crippen LogP contribution is 2.43. The van der Waals surface area contributed by atoms with Gasteiger partial charge in [0.1, 0.15) is 22.1 Å². The lowest BCUT2D eigenvalue weighted by Crippen LogP contribution is -2.52. The molecule has 9 nitrogen and oxygen atoms in total. The number of hydrogen-bond donors (Lipinski definition) is 3. The SMILES string of the molecule is COC1CC(C(=O)Nc2cc(C(CCC3CC3)(N[S@+]([O-])C(C)(C)C)c3cccc(C#N)c3)ccc2F)N(C(=O)O)C1. The number of nitriles is 1. The van der Waals surface area contributed by atoms with E-state index in [1.54, 1.807) is 24.3 Å². The van der Waals surface area contributed by atoms with Crippen LogP contribution in [-0.2, 0) is 26.4 Å². The van der Waals surface area contributed by atoms with Gasteiger partial charge in [0.05, 0.1) is 30.0 Å². The van der Waals surface area contributed by atoms with Crippen molar-refractivity contribution in [2.75, 3.05) is 19.0 Å². The molecule has 11 heteroatoms. The molecule has 3 unspecified atom stereocenters. The maximum Gasteiger partial charge on any atom is 0.408 e. The lowest BCUT2D eigenvalue weighted by Gasteiger charge is -2.39. The van der Waals surface area contributed by atoms with Gasteiger partial charge in [-0.2, -0.15) is 5.26 Å². The predicted octanol–water partition coefficient (Wildman–Crippen LogP) is 4.89. The topological polar surface area (TPSA) is 138 Å². The van der Waals surface area contributed by atoms with Crippen molar-refractivity contribution in [2.24, 2.45) is 5.92 Å². The second kappa shape index (κ2) is 12.4. The van der Waals surface area contributed by atoms with Crippen molar-refractivity contribution in [1.82, 2.24) is 9.62 Å². The number of benzene rings is 2. The van der Waals surface area contributed by atoms with E-state index >= 15 is 4.39 Å². The summed E-state index contributed by atoms with van der Waals surface area (Å²) in [7, 11) is 1.45. The zero-order valence-electron chi connectivity index (χ0n) is 23.8. The van der Waals surface area contributed by atoms with E-state index in [4.69, 9.17) is 4.74 Å². The van der Waals surface area contributed by atoms with Gasteiger partial charge in [-0.15, -0.1) is 4.72 Å². The van der Waals surface area contributed by atoms with E-state index in [1.165, 1.54) is 19.2 Å². The minimum absolute atomic E-state index is 0.0362. The van der Waals surface area contributed by atoms with Crippen molar-refractivity contribution < 1.29 is 28.4 Å². The summed E-state index contributed by atoms with van der Waals surface area (Å²) in [6.45, 7) is 5.60. The van der Waals surface area contributed by atoms with E-state index in [-0.39, 0.29) is 18.7 Å². The van der Waals surface area contributed by atoms with Crippen LogP contribution in [-0.4, -0.2) is 57.1 Å². The molecule has 1 aliphatic heterocycles. The molecule has 3 N–H and O–H groups in total. The molecule has 41 heavy (non-hydrogen) atoms. The number of anilines is 1. The number of carboxylic acid groups (broad SMARTS) is 1. The molecule has 4 rings (SSSR count). The zero-order chi connectivity index (χ0) is 29.9. The molecule has 2 aromatic carbocycles. The quantitative estimate of drug-likeness (QED) is 0.338. The van der Waals surface area contributed by atoms with Gasteiger partial charge in [0.2, 0.25) is 5.91 Å². The maximum absolute atomic E-state index is 15.2. The van der Waals surface area contributed by atoms with Crippen molar-refractivity contribution in [2.45, 2.75) is 75.3 Å². The molecule has 0 spiro atoms. The highest BCUT2D eigenvalue weighted by Gasteiger charge is 2.44. The summed E-state index contributed by atoms with van der Waals surface area (Å²) in [6, 6.07) is 12.5. The number of amides is 2. The van der Waals surface area contributed by atoms with E-state index in [0.717, 1.165) is 24.2 Å². The molecule has 0 radical (unpaired) electrons. The van der Waals surface area contributed by atoms with Gasteiger partial charge in [0, 0.05) is 24.9 Å². The lowest BCUT2D eigenvalue weighted by molar-refractivity contribution is -0.120. The van der Waals surface area contributed by atoms with Gasteiger partial charge in [-0.3, -0.25) is 9.69 Å². The molecule has 2 aliphatic rings. The molecule has 1 aliphatic carbocycles. The molecule has 2 aromatic rings. The number of nitrogens with zero attached hydrogens (tertiary/aromatic N) is 2. The molecule has 0 aromatic heterocycles. The van der Waals surface area contributed by atoms with Crippen LogP contribution in [0.15, 0.2) is 42.5 Å². The first-order valence-corrected chi connectivity index (χ1v) is 14.9. The largest absolute Gasteiger partial charge is 0.598 e. The Morgan fingerprint density at radius 2 is 1.93 bits per heavy atom. The van der Waals surface area contributed by atoms with E-state index in [1.807, 2.05) is 26.8 Å². The number of hydrogen-bond acceptors (Lipinski definition) is 6. The molecule has 1 saturated carbocycles. The number of likely N-dealkylation sites (tertiary alicyclic amines) is 1. The summed E-state index contributed by atoms with van der Waals surface area (Å²) in [5.74, 6) is -0.829. The number of halogens is 1. The van der Waals surface area contributed by atoms with Crippen LogP contribution in [0, 0.1) is 23.1 Å². The van der Waals surface area contributed by atoms with Crippen molar-refractivity contribution in [3.05, 3.63) is 65.0 Å². The van der Waals surface area contributed by atoms with E-state index in [9.17, 15) is 24.5 Å². The molecular formula is C30H37FN4O5S. The number of ether oxygens (including phenoxy) is 1. The maximum atomic E-state index is 15.2. The van der Waals surface area contributed by atoms with E-state index < -0.39 is 51.6 Å². The van der Waals surface area contributed by atoms with Gasteiger partial charge >= 0.3 is 6.09 Å². The van der Waals surface area contributed by atoms with Crippen LogP contribution in [0.25, 0.3) is 0 Å². The van der Waals surface area contributed by atoms with Gasteiger partial charge in [0.25, 0.3) is 0 Å². The molecule has 0 bridgehead atoms. The molecule has 1 heterocycles. The van der Waals surface area contributed by atoms with Gasteiger partial charge in [0.15, 0.2) is 0 Å². The number of methoxy groups -OCH3 is 1. The van der Waals surface area contributed by atoms with Crippen LogP contribution in [0.4, 0.5) is 14.9 Å². The van der Waals surface area contributed by atoms with Gasteiger partial charge in [-0.05, 0) is 74.9 Å². The summed E-state index contributed by atoms with van der Waals surface area (Å²) >= 11 is -1.55. The van der Waals surface area contributed by atoms with Gasteiger partial charge < -0.3 is 19.7 Å². The first-order valence-electron chi connectivity index (χ1n) is 13.7. The Labute approximate surface area is 243 Å². The Bertz CT molecular complexity index is 1320. The van der Waals surface area contributed by atoms with Crippen molar-refractivity contribution in [1.29, 1.82) is 5.26 Å². The fourth-order valence-electron chi connectivity index (χ4n) is 5.15. The van der Waals surface area contributed by atoms with Crippen LogP contribution in [0.1, 0.15) is 69.6 Å². The monoisotopic (exact) mass is 584 g/mol. The normalized spacial score (nSPS) is 21.1. The van der Waals surface area contributed by atoms with Gasteiger partial charge in [-0.1, -0.05) is 31.0 Å². The average Bonchev–Trinajstić information content (AvgIpc) is 3.66. The first-order chi connectivity index (χ1) is 19.4. The molecule has 2 amide bonds. The fourth-order valence-corrected chi connectivity index (χ4v) is 6.11. The lowest BCUT2D eigenvalue weighted by atomic mass is 9.79.